The van der Waals surface area contributed by atoms with Gasteiger partial charge in [0.2, 0.25) is 0 Å². The van der Waals surface area contributed by atoms with Crippen molar-refractivity contribution in [1.82, 2.24) is 15.3 Å². The molecule has 26 heavy (non-hydrogen) atoms. The lowest BCUT2D eigenvalue weighted by atomic mass is 10.3. The number of hydrogen-bond donors (Lipinski definition) is 1. The summed E-state index contributed by atoms with van der Waals surface area (Å²) in [6.07, 6.45) is 2.74. The third kappa shape index (κ3) is 4.72. The molecule has 2 heterocycles. The van der Waals surface area contributed by atoms with Crippen molar-refractivity contribution in [2.75, 3.05) is 0 Å². The average molecular weight is 408 g/mol. The molecule has 3 rings (SSSR count). The van der Waals surface area contributed by atoms with Crippen molar-refractivity contribution >= 4 is 40.4 Å². The monoisotopic (exact) mass is 407 g/mol. The van der Waals surface area contributed by atoms with E-state index in [0.717, 1.165) is 16.3 Å². The zero-order valence-corrected chi connectivity index (χ0v) is 16.1. The minimum absolute atomic E-state index is 0.255. The fraction of sp³-hybridized carbons (Fsp3) is 0.167. The first-order valence-electron chi connectivity index (χ1n) is 7.77. The van der Waals surface area contributed by atoms with E-state index in [1.54, 1.807) is 37.5 Å². The summed E-state index contributed by atoms with van der Waals surface area (Å²) < 4.78 is 5.60. The number of carbonyl (C=O) groups excluding carboxylic acids is 1. The molecule has 5 nitrogen and oxygen atoms in total. The van der Waals surface area contributed by atoms with Crippen LogP contribution in [0.4, 0.5) is 0 Å². The molecule has 134 valence electrons. The van der Waals surface area contributed by atoms with Crippen molar-refractivity contribution in [2.24, 2.45) is 0 Å². The smallest absolute Gasteiger partial charge is 0.261 e. The predicted octanol–water partition coefficient (Wildman–Crippen LogP) is 4.60. The minimum Gasteiger partial charge on any atom is -0.479 e. The Labute approximate surface area is 165 Å². The van der Waals surface area contributed by atoms with Gasteiger partial charge in [0.15, 0.2) is 6.10 Å². The number of thiazole rings is 1. The molecule has 1 aromatic carbocycles. The molecule has 0 bridgehead atoms. The molecule has 0 aliphatic heterocycles. The van der Waals surface area contributed by atoms with Gasteiger partial charge in [-0.25, -0.2) is 4.98 Å². The summed E-state index contributed by atoms with van der Waals surface area (Å²) in [7, 11) is 0. The lowest BCUT2D eigenvalue weighted by Gasteiger charge is -2.15. The molecule has 1 atom stereocenters. The van der Waals surface area contributed by atoms with E-state index in [0.29, 0.717) is 22.3 Å². The van der Waals surface area contributed by atoms with Gasteiger partial charge >= 0.3 is 0 Å². The third-order valence-corrected chi connectivity index (χ3v) is 4.96. The van der Waals surface area contributed by atoms with Gasteiger partial charge in [-0.2, -0.15) is 0 Å². The second kappa shape index (κ2) is 8.49. The van der Waals surface area contributed by atoms with E-state index in [9.17, 15) is 4.79 Å². The van der Waals surface area contributed by atoms with Gasteiger partial charge in [-0.05, 0) is 37.3 Å². The fourth-order valence-electron chi connectivity index (χ4n) is 2.15. The average Bonchev–Trinajstić information content (AvgIpc) is 3.11. The van der Waals surface area contributed by atoms with Crippen LogP contribution in [0, 0.1) is 0 Å². The summed E-state index contributed by atoms with van der Waals surface area (Å²) in [5.41, 5.74) is 1.78. The number of carbonyl (C=O) groups is 1. The van der Waals surface area contributed by atoms with Crippen molar-refractivity contribution in [2.45, 2.75) is 19.6 Å². The highest BCUT2D eigenvalue weighted by molar-refractivity contribution is 7.13. The van der Waals surface area contributed by atoms with E-state index >= 15 is 0 Å². The number of aromatic nitrogens is 2. The van der Waals surface area contributed by atoms with E-state index in [1.807, 2.05) is 17.5 Å². The van der Waals surface area contributed by atoms with Crippen molar-refractivity contribution in [3.05, 3.63) is 63.8 Å². The van der Waals surface area contributed by atoms with Gasteiger partial charge in [0.1, 0.15) is 10.8 Å². The standard InChI is InChI=1S/C18H15Cl2N3O2S/c1-11(25-16-3-2-13(19)8-15(16)20)17(24)22-9-14-10-26-18(23-14)12-4-6-21-7-5-12/h2-8,10-11H,9H2,1H3,(H,22,24). The topological polar surface area (TPSA) is 64.1 Å². The Kier molecular flexibility index (Phi) is 6.08. The normalized spacial score (nSPS) is 11.8. The molecule has 3 aromatic rings. The first-order chi connectivity index (χ1) is 12.5. The second-order valence-electron chi connectivity index (χ2n) is 5.43. The molecule has 1 amide bonds. The molecule has 0 radical (unpaired) electrons. The molecule has 0 aliphatic carbocycles. The summed E-state index contributed by atoms with van der Waals surface area (Å²) in [4.78, 5) is 20.7. The van der Waals surface area contributed by atoms with Crippen LogP contribution in [0.2, 0.25) is 10.0 Å². The number of amides is 1. The number of halogens is 2. The number of nitrogens with one attached hydrogen (secondary N) is 1. The summed E-state index contributed by atoms with van der Waals surface area (Å²) in [6.45, 7) is 1.98. The molecule has 1 unspecified atom stereocenters. The Morgan fingerprint density at radius 3 is 2.77 bits per heavy atom. The van der Waals surface area contributed by atoms with Crippen molar-refractivity contribution < 1.29 is 9.53 Å². The number of ether oxygens (including phenoxy) is 1. The number of benzene rings is 1. The molecule has 8 heteroatoms. The molecule has 0 saturated carbocycles. The van der Waals surface area contributed by atoms with E-state index < -0.39 is 6.10 Å². The molecule has 0 aliphatic rings. The Hall–Kier alpha value is -2.15. The van der Waals surface area contributed by atoms with Gasteiger partial charge in [-0.1, -0.05) is 23.2 Å². The van der Waals surface area contributed by atoms with Crippen LogP contribution in [0.1, 0.15) is 12.6 Å². The van der Waals surface area contributed by atoms with Crippen LogP contribution in [0.3, 0.4) is 0 Å². The largest absolute Gasteiger partial charge is 0.479 e. The molecular formula is C18H15Cl2N3O2S. The van der Waals surface area contributed by atoms with Crippen LogP contribution in [0.5, 0.6) is 5.75 Å². The Balaban J connectivity index is 1.56. The molecule has 0 fully saturated rings. The van der Waals surface area contributed by atoms with Crippen molar-refractivity contribution in [3.63, 3.8) is 0 Å². The molecule has 0 saturated heterocycles. The van der Waals surface area contributed by atoms with Gasteiger partial charge in [-0.3, -0.25) is 9.78 Å². The first kappa shape index (κ1) is 18.6. The highest BCUT2D eigenvalue weighted by Crippen LogP contribution is 2.28. The molecule has 0 spiro atoms. The number of hydrogen-bond acceptors (Lipinski definition) is 5. The minimum atomic E-state index is -0.702. The van der Waals surface area contributed by atoms with Gasteiger partial charge in [0.05, 0.1) is 17.3 Å². The van der Waals surface area contributed by atoms with Crippen LogP contribution < -0.4 is 10.1 Å². The SMILES string of the molecule is CC(Oc1ccc(Cl)cc1Cl)C(=O)NCc1csc(-c2ccncc2)n1. The second-order valence-corrected chi connectivity index (χ2v) is 7.13. The van der Waals surface area contributed by atoms with E-state index in [4.69, 9.17) is 27.9 Å². The summed E-state index contributed by atoms with van der Waals surface area (Å²) >= 11 is 13.4. The molecular weight excluding hydrogens is 393 g/mol. The molecule has 1 N–H and O–H groups in total. The Morgan fingerprint density at radius 2 is 2.04 bits per heavy atom. The van der Waals surface area contributed by atoms with Gasteiger partial charge in [0.25, 0.3) is 5.91 Å². The fourth-order valence-corrected chi connectivity index (χ4v) is 3.43. The van der Waals surface area contributed by atoms with Crippen LogP contribution in [-0.4, -0.2) is 22.0 Å². The van der Waals surface area contributed by atoms with E-state index in [2.05, 4.69) is 15.3 Å². The van der Waals surface area contributed by atoms with Gasteiger partial charge < -0.3 is 10.1 Å². The quantitative estimate of drug-likeness (QED) is 0.648. The molecule has 2 aromatic heterocycles. The van der Waals surface area contributed by atoms with Crippen molar-refractivity contribution in [1.29, 1.82) is 0 Å². The maximum Gasteiger partial charge on any atom is 0.261 e. The maximum atomic E-state index is 12.2. The van der Waals surface area contributed by atoms with E-state index in [-0.39, 0.29) is 5.91 Å². The van der Waals surface area contributed by atoms with Crippen LogP contribution in [-0.2, 0) is 11.3 Å². The first-order valence-corrected chi connectivity index (χ1v) is 9.40. The Morgan fingerprint density at radius 1 is 1.27 bits per heavy atom. The van der Waals surface area contributed by atoms with Gasteiger partial charge in [0, 0.05) is 28.4 Å². The third-order valence-electron chi connectivity index (χ3n) is 3.49. The Bertz CT molecular complexity index is 902. The summed E-state index contributed by atoms with van der Waals surface area (Å²) in [5.74, 6) is 0.154. The number of nitrogens with zero attached hydrogens (tertiary/aromatic N) is 2. The lowest BCUT2D eigenvalue weighted by Crippen LogP contribution is -2.36. The predicted molar refractivity (Wildman–Crippen MR) is 104 cm³/mol. The van der Waals surface area contributed by atoms with Crippen molar-refractivity contribution in [3.8, 4) is 16.3 Å². The van der Waals surface area contributed by atoms with Crippen LogP contribution >= 0.6 is 34.5 Å². The number of rotatable bonds is 6. The van der Waals surface area contributed by atoms with Crippen LogP contribution in [0.25, 0.3) is 10.6 Å². The van der Waals surface area contributed by atoms with Crippen LogP contribution in [0.15, 0.2) is 48.1 Å². The maximum absolute atomic E-state index is 12.2. The van der Waals surface area contributed by atoms with Gasteiger partial charge in [-0.15, -0.1) is 11.3 Å². The number of pyridine rings is 1. The highest BCUT2D eigenvalue weighted by Gasteiger charge is 2.16. The lowest BCUT2D eigenvalue weighted by molar-refractivity contribution is -0.127. The summed E-state index contributed by atoms with van der Waals surface area (Å²) in [5, 5.41) is 6.48. The zero-order chi connectivity index (χ0) is 18.5. The highest BCUT2D eigenvalue weighted by atomic mass is 35.5. The van der Waals surface area contributed by atoms with E-state index in [1.165, 1.54) is 11.3 Å². The summed E-state index contributed by atoms with van der Waals surface area (Å²) in [6, 6.07) is 8.65. The zero-order valence-electron chi connectivity index (χ0n) is 13.8.